The number of ether oxygens (including phenoxy) is 1. The van der Waals surface area contributed by atoms with Crippen molar-refractivity contribution in [3.8, 4) is 17.2 Å². The topological polar surface area (TPSA) is 149 Å². The fourth-order valence-corrected chi connectivity index (χ4v) is 8.38. The van der Waals surface area contributed by atoms with Crippen molar-refractivity contribution in [3.05, 3.63) is 94.4 Å². The molecule has 0 bridgehead atoms. The van der Waals surface area contributed by atoms with Crippen molar-refractivity contribution in [2.24, 2.45) is 5.41 Å². The van der Waals surface area contributed by atoms with Gasteiger partial charge in [0.1, 0.15) is 11.8 Å². The van der Waals surface area contributed by atoms with Crippen molar-refractivity contribution < 1.29 is 28.4 Å². The van der Waals surface area contributed by atoms with Gasteiger partial charge >= 0.3 is 0 Å². The zero-order chi connectivity index (χ0) is 38.2. The van der Waals surface area contributed by atoms with Crippen molar-refractivity contribution in [3.63, 3.8) is 0 Å². The van der Waals surface area contributed by atoms with E-state index in [1.807, 2.05) is 19.9 Å². The molecule has 2 saturated carbocycles. The Morgan fingerprint density at radius 1 is 0.945 bits per heavy atom. The van der Waals surface area contributed by atoms with Crippen LogP contribution < -0.4 is 15.1 Å². The zero-order valence-corrected chi connectivity index (χ0v) is 31.2. The average Bonchev–Trinajstić information content (AvgIpc) is 4.08. The van der Waals surface area contributed by atoms with Gasteiger partial charge in [-0.3, -0.25) is 29.4 Å². The van der Waals surface area contributed by atoms with Crippen LogP contribution in [0.15, 0.2) is 65.2 Å². The van der Waals surface area contributed by atoms with E-state index in [4.69, 9.17) is 9.26 Å². The molecule has 3 aromatic carbocycles. The van der Waals surface area contributed by atoms with Crippen LogP contribution in [0.5, 0.6) is 0 Å². The second kappa shape index (κ2) is 12.9. The first-order chi connectivity index (χ1) is 26.5. The first kappa shape index (κ1) is 34.9. The van der Waals surface area contributed by atoms with E-state index >= 15 is 0 Å². The highest BCUT2D eigenvalue weighted by Crippen LogP contribution is 2.51. The molecule has 1 N–H and O–H groups in total. The maximum atomic E-state index is 13.4. The molecule has 4 heterocycles. The maximum absolute atomic E-state index is 13.4. The molecule has 0 radical (unpaired) electrons. The number of nitrogens with one attached hydrogen (secondary N) is 1. The van der Waals surface area contributed by atoms with Crippen LogP contribution in [-0.2, 0) is 19.7 Å². The van der Waals surface area contributed by atoms with Crippen LogP contribution >= 0.6 is 0 Å². The van der Waals surface area contributed by atoms with Gasteiger partial charge in [0, 0.05) is 54.1 Å². The number of hydrogen-bond acceptors (Lipinski definition) is 10. The van der Waals surface area contributed by atoms with Gasteiger partial charge in [-0.15, -0.1) is 0 Å². The summed E-state index contributed by atoms with van der Waals surface area (Å²) in [4.78, 5) is 56.2. The summed E-state index contributed by atoms with van der Waals surface area (Å²) in [7, 11) is 0. The van der Waals surface area contributed by atoms with Crippen molar-refractivity contribution in [2.75, 3.05) is 36.0 Å². The van der Waals surface area contributed by atoms with Crippen molar-refractivity contribution in [1.82, 2.24) is 15.4 Å². The summed E-state index contributed by atoms with van der Waals surface area (Å²) < 4.78 is 12.1. The largest absolute Gasteiger partial charge is 0.374 e. The molecular weight excluding hydrogens is 697 g/mol. The minimum atomic E-state index is -0.992. The molecule has 2 aliphatic carbocycles. The van der Waals surface area contributed by atoms with Crippen LogP contribution in [0.1, 0.15) is 81.8 Å². The second-order valence-electron chi connectivity index (χ2n) is 16.0. The predicted molar refractivity (Wildman–Crippen MR) is 203 cm³/mol. The number of nitriles is 1. The molecule has 4 amide bonds. The van der Waals surface area contributed by atoms with E-state index in [1.54, 1.807) is 12.1 Å². The van der Waals surface area contributed by atoms with Crippen molar-refractivity contribution >= 4 is 40.7 Å². The zero-order valence-electron chi connectivity index (χ0n) is 31.2. The van der Waals surface area contributed by atoms with E-state index in [0.29, 0.717) is 19.7 Å². The van der Waals surface area contributed by atoms with Gasteiger partial charge in [0.2, 0.25) is 11.8 Å². The van der Waals surface area contributed by atoms with Crippen LogP contribution in [-0.4, -0.2) is 72.1 Å². The number of imide groups is 2. The third kappa shape index (κ3) is 6.07. The molecule has 5 aliphatic rings. The van der Waals surface area contributed by atoms with Gasteiger partial charge in [-0.25, -0.2) is 0 Å². The molecule has 280 valence electrons. The predicted octanol–water partition coefficient (Wildman–Crippen LogP) is 6.05. The number of rotatable bonds is 11. The minimum absolute atomic E-state index is 0.0149. The van der Waals surface area contributed by atoms with E-state index < -0.39 is 29.7 Å². The van der Waals surface area contributed by atoms with E-state index in [2.05, 4.69) is 75.7 Å². The fourth-order valence-electron chi connectivity index (χ4n) is 8.38. The third-order valence-corrected chi connectivity index (χ3v) is 12.2. The highest BCUT2D eigenvalue weighted by Gasteiger charge is 2.48. The van der Waals surface area contributed by atoms with Gasteiger partial charge in [-0.1, -0.05) is 29.4 Å². The summed E-state index contributed by atoms with van der Waals surface area (Å²) in [5.74, 6) is -1.26. The number of benzene rings is 3. The maximum Gasteiger partial charge on any atom is 0.262 e. The van der Waals surface area contributed by atoms with Crippen molar-refractivity contribution in [2.45, 2.75) is 76.9 Å². The normalized spacial score (nSPS) is 20.9. The van der Waals surface area contributed by atoms with E-state index in [-0.39, 0.29) is 40.9 Å². The lowest BCUT2D eigenvalue weighted by atomic mass is 9.96. The number of fused-ring (bicyclic) bond motifs is 1. The number of anilines is 3. The monoisotopic (exact) mass is 738 g/mol. The molecule has 12 heteroatoms. The summed E-state index contributed by atoms with van der Waals surface area (Å²) in [6.45, 7) is 8.72. The Morgan fingerprint density at radius 2 is 1.69 bits per heavy atom. The highest BCUT2D eigenvalue weighted by atomic mass is 16.5. The summed E-state index contributed by atoms with van der Waals surface area (Å²) in [6.07, 6.45) is 4.11. The number of aryl methyl sites for hydroxylation is 3. The molecule has 3 aliphatic heterocycles. The van der Waals surface area contributed by atoms with Gasteiger partial charge in [-0.2, -0.15) is 5.26 Å². The lowest BCUT2D eigenvalue weighted by molar-refractivity contribution is -0.136. The third-order valence-electron chi connectivity index (χ3n) is 12.2. The number of nitrogens with zero attached hydrogens (tertiary/aromatic N) is 5. The summed E-state index contributed by atoms with van der Waals surface area (Å²) in [5, 5.41) is 16.3. The Hall–Kier alpha value is -5.80. The molecule has 12 nitrogen and oxygen atoms in total. The molecule has 1 unspecified atom stereocenters. The van der Waals surface area contributed by atoms with Gasteiger partial charge in [-0.05, 0) is 106 Å². The quantitative estimate of drug-likeness (QED) is 0.180. The molecule has 2 saturated heterocycles. The smallest absolute Gasteiger partial charge is 0.262 e. The lowest BCUT2D eigenvalue weighted by Gasteiger charge is -2.41. The Labute approximate surface area is 319 Å². The second-order valence-corrected chi connectivity index (χ2v) is 16.0. The summed E-state index contributed by atoms with van der Waals surface area (Å²) in [5.41, 5.74) is 8.28. The molecule has 4 fully saturated rings. The molecule has 9 rings (SSSR count). The van der Waals surface area contributed by atoms with Gasteiger partial charge < -0.3 is 19.1 Å². The van der Waals surface area contributed by atoms with Gasteiger partial charge in [0.05, 0.1) is 41.0 Å². The Morgan fingerprint density at radius 3 is 2.35 bits per heavy atom. The Kier molecular flexibility index (Phi) is 8.20. The average molecular weight is 739 g/mol. The van der Waals surface area contributed by atoms with Crippen LogP contribution in [0.3, 0.4) is 0 Å². The summed E-state index contributed by atoms with van der Waals surface area (Å²) >= 11 is 0. The van der Waals surface area contributed by atoms with Crippen LogP contribution in [0, 0.1) is 37.5 Å². The molecule has 0 spiro atoms. The number of amides is 4. The van der Waals surface area contributed by atoms with Crippen LogP contribution in [0.2, 0.25) is 0 Å². The van der Waals surface area contributed by atoms with Gasteiger partial charge in [0.25, 0.3) is 11.8 Å². The van der Waals surface area contributed by atoms with Crippen molar-refractivity contribution in [1.29, 1.82) is 5.26 Å². The molecule has 1 atom stereocenters. The van der Waals surface area contributed by atoms with Gasteiger partial charge in [0.15, 0.2) is 0 Å². The number of hydrogen-bond donors (Lipinski definition) is 1. The van der Waals surface area contributed by atoms with E-state index in [1.165, 1.54) is 0 Å². The molecular formula is C43H42N6O6. The first-order valence-corrected chi connectivity index (χ1v) is 19.0. The standard InChI is InChI=1S/C43H42N6O6/c1-25-4-5-28(38-26(2)46-55-27(38)3)18-36(25)48(30-8-6-29(7-9-30)43(22-44)16-17-43)23-42(14-15-42)24-54-32-20-47(21-32)31-10-11-33-34(19-31)41(53)49(40(33)52)35-12-13-37(50)45-39(35)51/h4-11,18-19,32,35H,12-17,20-21,23-24H2,1-3H3,(H,45,50,51). The molecule has 1 aromatic heterocycles. The van der Waals surface area contributed by atoms with Crippen LogP contribution in [0.4, 0.5) is 17.1 Å². The summed E-state index contributed by atoms with van der Waals surface area (Å²) in [6, 6.07) is 21.8. The number of carbonyl (C=O) groups is 4. The number of piperidine rings is 1. The molecule has 4 aromatic rings. The number of aromatic nitrogens is 1. The Bertz CT molecular complexity index is 2290. The first-order valence-electron chi connectivity index (χ1n) is 19.0. The minimum Gasteiger partial charge on any atom is -0.374 e. The molecule has 55 heavy (non-hydrogen) atoms. The lowest BCUT2D eigenvalue weighted by Crippen LogP contribution is -2.54. The van der Waals surface area contributed by atoms with Crippen LogP contribution in [0.25, 0.3) is 11.1 Å². The Balaban J connectivity index is 0.895. The number of carbonyl (C=O) groups excluding carboxylic acids is 4. The fraction of sp³-hybridized carbons (Fsp3) is 0.395. The highest BCUT2D eigenvalue weighted by molar-refractivity contribution is 6.23. The van der Waals surface area contributed by atoms with E-state index in [9.17, 15) is 24.4 Å². The van der Waals surface area contributed by atoms with E-state index in [0.717, 1.165) is 87.9 Å². The SMILES string of the molecule is Cc1ccc(-c2c(C)noc2C)cc1N(CC1(COC2CN(c3ccc4c(c3)C(=O)N(C3CCC(=O)NC3=O)C4=O)C2)CC1)c1ccc(C2(C#N)CC2)cc1.